The minimum atomic E-state index is -0.537. The van der Waals surface area contributed by atoms with Gasteiger partial charge >= 0.3 is 5.97 Å². The number of carbonyl (C=O) groups excluding carboxylic acids is 2. The molecular formula is C28H39N3O3S. The Kier molecular flexibility index (Phi) is 10.7. The molecular weight excluding hydrogens is 458 g/mol. The summed E-state index contributed by atoms with van der Waals surface area (Å²) in [7, 11) is 0. The molecule has 1 aromatic rings. The summed E-state index contributed by atoms with van der Waals surface area (Å²) >= 11 is 5.50. The molecule has 7 heteroatoms. The van der Waals surface area contributed by atoms with Crippen LogP contribution in [0.2, 0.25) is 0 Å². The van der Waals surface area contributed by atoms with E-state index < -0.39 is 5.41 Å². The maximum Gasteiger partial charge on any atom is 0.311 e. The van der Waals surface area contributed by atoms with Crippen LogP contribution in [-0.2, 0) is 20.7 Å². The van der Waals surface area contributed by atoms with E-state index >= 15 is 0 Å². The summed E-state index contributed by atoms with van der Waals surface area (Å²) in [5, 5.41) is 9.89. The standard InChI is InChI=1S/C28H39N3O3S/c1-19-10-11-23(14-20(19)2)15-24(18-34-26(33)28(4,5)6)17-30-27(35)29-16-22-8-7-9-25(13-12-22)31-21(3)32/h7,9-14,24H,8,15-18H2,1-6H3,(H,31,32)(H2,29,30,35). The zero-order valence-corrected chi connectivity index (χ0v) is 22.6. The van der Waals surface area contributed by atoms with Crippen molar-refractivity contribution in [2.75, 3.05) is 19.7 Å². The summed E-state index contributed by atoms with van der Waals surface area (Å²) in [4.78, 5) is 23.6. The third kappa shape index (κ3) is 10.5. The van der Waals surface area contributed by atoms with E-state index in [1.165, 1.54) is 23.6 Å². The number of hydrogen-bond acceptors (Lipinski definition) is 4. The largest absolute Gasteiger partial charge is 0.465 e. The molecule has 6 nitrogen and oxygen atoms in total. The molecule has 1 amide bonds. The molecule has 0 spiro atoms. The van der Waals surface area contributed by atoms with E-state index in [1.807, 2.05) is 45.1 Å². The lowest BCUT2D eigenvalue weighted by atomic mass is 9.96. The molecule has 0 fully saturated rings. The summed E-state index contributed by atoms with van der Waals surface area (Å²) in [5.41, 5.74) is 5.10. The van der Waals surface area contributed by atoms with Crippen LogP contribution in [0.5, 0.6) is 0 Å². The van der Waals surface area contributed by atoms with E-state index in [2.05, 4.69) is 48.0 Å². The molecule has 1 atom stereocenters. The molecule has 190 valence electrons. The lowest BCUT2D eigenvalue weighted by Crippen LogP contribution is -2.40. The van der Waals surface area contributed by atoms with E-state index in [-0.39, 0.29) is 17.8 Å². The Morgan fingerprint density at radius 2 is 1.86 bits per heavy atom. The van der Waals surface area contributed by atoms with Crippen LogP contribution < -0.4 is 16.0 Å². The van der Waals surface area contributed by atoms with Gasteiger partial charge in [0.05, 0.1) is 12.0 Å². The third-order valence-electron chi connectivity index (χ3n) is 5.68. The lowest BCUT2D eigenvalue weighted by Gasteiger charge is -2.22. The Morgan fingerprint density at radius 3 is 2.51 bits per heavy atom. The van der Waals surface area contributed by atoms with Gasteiger partial charge in [0.2, 0.25) is 5.91 Å². The highest BCUT2D eigenvalue weighted by molar-refractivity contribution is 7.80. The number of rotatable bonds is 9. The van der Waals surface area contributed by atoms with E-state index in [0.717, 1.165) is 24.1 Å². The number of carbonyl (C=O) groups is 2. The van der Waals surface area contributed by atoms with Gasteiger partial charge in [-0.25, -0.2) is 0 Å². The van der Waals surface area contributed by atoms with Crippen molar-refractivity contribution in [1.29, 1.82) is 0 Å². The predicted octanol–water partition coefficient (Wildman–Crippen LogP) is 4.42. The fourth-order valence-corrected chi connectivity index (χ4v) is 3.60. The fraction of sp³-hybridized carbons (Fsp3) is 0.464. The summed E-state index contributed by atoms with van der Waals surface area (Å²) in [6.07, 6.45) is 9.35. The highest BCUT2D eigenvalue weighted by Crippen LogP contribution is 2.18. The number of esters is 1. The van der Waals surface area contributed by atoms with Gasteiger partial charge < -0.3 is 20.7 Å². The van der Waals surface area contributed by atoms with Gasteiger partial charge in [0.15, 0.2) is 5.11 Å². The molecule has 0 bridgehead atoms. The zero-order valence-electron chi connectivity index (χ0n) is 21.8. The van der Waals surface area contributed by atoms with Crippen molar-refractivity contribution in [1.82, 2.24) is 16.0 Å². The third-order valence-corrected chi connectivity index (χ3v) is 5.97. The van der Waals surface area contributed by atoms with Gasteiger partial charge in [0.1, 0.15) is 0 Å². The number of thiocarbonyl (C=S) groups is 1. The molecule has 1 aliphatic carbocycles. The Bertz CT molecular complexity index is 1020. The van der Waals surface area contributed by atoms with Gasteiger partial charge in [-0.3, -0.25) is 9.59 Å². The topological polar surface area (TPSA) is 79.5 Å². The quantitative estimate of drug-likeness (QED) is 0.346. The summed E-state index contributed by atoms with van der Waals surface area (Å²) in [6.45, 7) is 12.8. The van der Waals surface area contributed by atoms with Gasteiger partial charge in [-0.05, 0) is 94.1 Å². The van der Waals surface area contributed by atoms with Crippen LogP contribution in [0.25, 0.3) is 0 Å². The second-order valence-corrected chi connectivity index (χ2v) is 10.5. The molecule has 0 saturated heterocycles. The number of benzene rings is 1. The van der Waals surface area contributed by atoms with Crippen LogP contribution in [0, 0.1) is 25.2 Å². The molecule has 0 aliphatic heterocycles. The zero-order chi connectivity index (χ0) is 26.0. The Morgan fingerprint density at radius 1 is 1.11 bits per heavy atom. The molecule has 0 saturated carbocycles. The molecule has 0 heterocycles. The Hall–Kier alpha value is -2.93. The minimum absolute atomic E-state index is 0.0753. The van der Waals surface area contributed by atoms with Crippen molar-refractivity contribution in [3.05, 3.63) is 70.5 Å². The van der Waals surface area contributed by atoms with Crippen molar-refractivity contribution >= 4 is 29.2 Å². The van der Waals surface area contributed by atoms with Crippen LogP contribution in [0.15, 0.2) is 53.8 Å². The van der Waals surface area contributed by atoms with E-state index in [0.29, 0.717) is 24.8 Å². The van der Waals surface area contributed by atoms with Crippen molar-refractivity contribution in [3.8, 4) is 0 Å². The molecule has 3 N–H and O–H groups in total. The number of ether oxygens (including phenoxy) is 1. The number of hydrogen-bond donors (Lipinski definition) is 3. The molecule has 1 aliphatic rings. The summed E-state index contributed by atoms with van der Waals surface area (Å²) in [6, 6.07) is 6.45. The number of allylic oxidation sites excluding steroid dienone is 4. The Balaban J connectivity index is 1.93. The lowest BCUT2D eigenvalue weighted by molar-refractivity contribution is -0.154. The first-order valence-corrected chi connectivity index (χ1v) is 12.4. The van der Waals surface area contributed by atoms with E-state index in [9.17, 15) is 9.59 Å². The van der Waals surface area contributed by atoms with Gasteiger partial charge in [-0.15, -0.1) is 0 Å². The van der Waals surface area contributed by atoms with Crippen molar-refractivity contribution in [2.24, 2.45) is 11.3 Å². The van der Waals surface area contributed by atoms with Gasteiger partial charge in [-0.2, -0.15) is 0 Å². The predicted molar refractivity (Wildman–Crippen MR) is 146 cm³/mol. The first-order valence-electron chi connectivity index (χ1n) is 12.0. The molecule has 2 rings (SSSR count). The number of aryl methyl sites for hydroxylation is 2. The average molecular weight is 498 g/mol. The summed E-state index contributed by atoms with van der Waals surface area (Å²) in [5.74, 6) is -0.223. The minimum Gasteiger partial charge on any atom is -0.465 e. The van der Waals surface area contributed by atoms with Crippen molar-refractivity contribution in [3.63, 3.8) is 0 Å². The van der Waals surface area contributed by atoms with Crippen molar-refractivity contribution < 1.29 is 14.3 Å². The van der Waals surface area contributed by atoms with Crippen LogP contribution in [0.4, 0.5) is 0 Å². The Labute approximate surface area is 215 Å². The molecule has 1 aromatic carbocycles. The first kappa shape index (κ1) is 28.3. The maximum atomic E-state index is 12.3. The average Bonchev–Trinajstić information content (AvgIpc) is 3.00. The highest BCUT2D eigenvalue weighted by Gasteiger charge is 2.24. The van der Waals surface area contributed by atoms with E-state index in [4.69, 9.17) is 17.0 Å². The number of nitrogens with one attached hydrogen (secondary N) is 3. The normalized spacial score (nSPS) is 14.2. The van der Waals surface area contributed by atoms with E-state index in [1.54, 1.807) is 0 Å². The summed E-state index contributed by atoms with van der Waals surface area (Å²) < 4.78 is 5.64. The molecule has 0 radical (unpaired) electrons. The monoisotopic (exact) mass is 497 g/mol. The highest BCUT2D eigenvalue weighted by atomic mass is 32.1. The van der Waals surface area contributed by atoms with Crippen molar-refractivity contribution in [2.45, 2.75) is 54.4 Å². The maximum absolute atomic E-state index is 12.3. The fourth-order valence-electron chi connectivity index (χ4n) is 3.44. The molecule has 0 aromatic heterocycles. The molecule has 1 unspecified atom stereocenters. The van der Waals surface area contributed by atoms with Crippen LogP contribution in [0.3, 0.4) is 0 Å². The van der Waals surface area contributed by atoms with Gasteiger partial charge in [0, 0.05) is 31.6 Å². The van der Waals surface area contributed by atoms with Gasteiger partial charge in [-0.1, -0.05) is 30.4 Å². The number of amides is 1. The smallest absolute Gasteiger partial charge is 0.311 e. The van der Waals surface area contributed by atoms with Crippen LogP contribution >= 0.6 is 12.2 Å². The second-order valence-electron chi connectivity index (χ2n) is 10.1. The SMILES string of the molecule is CC(=O)NC1=CC=C(CNC(=S)NCC(COC(=O)C(C)(C)C)Cc2ccc(C)c(C)c2)CC=C1. The first-order chi connectivity index (χ1) is 16.4. The van der Waals surface area contributed by atoms with Crippen LogP contribution in [0.1, 0.15) is 50.8 Å². The second kappa shape index (κ2) is 13.2. The molecule has 35 heavy (non-hydrogen) atoms. The van der Waals surface area contributed by atoms with Gasteiger partial charge in [0.25, 0.3) is 0 Å². The van der Waals surface area contributed by atoms with Crippen LogP contribution in [-0.4, -0.2) is 36.7 Å².